The van der Waals surface area contributed by atoms with Gasteiger partial charge in [-0.2, -0.15) is 5.10 Å². The summed E-state index contributed by atoms with van der Waals surface area (Å²) in [4.78, 5) is 14.7. The number of halogens is 2. The molecular formula is C20H13ClFN3OS2. The number of nitrogens with zero attached hydrogens (tertiary/aromatic N) is 3. The molecule has 4 rings (SSSR count). The minimum absolute atomic E-state index is 0.274. The van der Waals surface area contributed by atoms with Crippen molar-refractivity contribution in [2.45, 2.75) is 6.92 Å². The molecule has 1 aliphatic rings. The molecule has 0 spiro atoms. The number of rotatable bonds is 3. The van der Waals surface area contributed by atoms with Crippen LogP contribution < -0.4 is 4.90 Å². The Hall–Kier alpha value is -2.48. The monoisotopic (exact) mass is 429 g/mol. The van der Waals surface area contributed by atoms with Gasteiger partial charge in [0.25, 0.3) is 5.91 Å². The highest BCUT2D eigenvalue weighted by atomic mass is 35.5. The molecule has 2 aromatic carbocycles. The minimum atomic E-state index is -0.375. The fraction of sp³-hybridized carbons (Fsp3) is 0.0500. The first-order chi connectivity index (χ1) is 13.5. The normalized spacial score (nSPS) is 15.7. The summed E-state index contributed by atoms with van der Waals surface area (Å²) >= 11 is 13.1. The van der Waals surface area contributed by atoms with Crippen LogP contribution in [0, 0.1) is 12.7 Å². The van der Waals surface area contributed by atoms with E-state index in [9.17, 15) is 9.18 Å². The molecule has 0 bridgehead atoms. The van der Waals surface area contributed by atoms with Crippen LogP contribution in [0.4, 0.5) is 10.1 Å². The zero-order valence-electron chi connectivity index (χ0n) is 14.6. The van der Waals surface area contributed by atoms with E-state index in [4.69, 9.17) is 23.8 Å². The molecule has 4 nitrogen and oxygen atoms in total. The number of thioether (sulfide) groups is 1. The SMILES string of the molecule is Cc1nn(-c2ccccc2)c(Cl)c1/C=C1\SC(=S)N(c2ccc(F)cc2)C1=O. The summed E-state index contributed by atoms with van der Waals surface area (Å²) in [7, 11) is 0. The molecular weight excluding hydrogens is 417 g/mol. The number of carbonyl (C=O) groups excluding carboxylic acids is 1. The van der Waals surface area contributed by atoms with Gasteiger partial charge in [0, 0.05) is 5.56 Å². The Bertz CT molecular complexity index is 1110. The van der Waals surface area contributed by atoms with E-state index >= 15 is 0 Å². The van der Waals surface area contributed by atoms with Gasteiger partial charge in [-0.1, -0.05) is 53.8 Å². The number of carbonyl (C=O) groups is 1. The molecule has 0 saturated carbocycles. The van der Waals surface area contributed by atoms with Crippen LogP contribution in [0.2, 0.25) is 5.15 Å². The number of aryl methyl sites for hydroxylation is 1. The van der Waals surface area contributed by atoms with Gasteiger partial charge in [0.15, 0.2) is 4.32 Å². The average molecular weight is 430 g/mol. The van der Waals surface area contributed by atoms with Crippen LogP contribution in [-0.4, -0.2) is 20.0 Å². The van der Waals surface area contributed by atoms with Crippen molar-refractivity contribution in [3.8, 4) is 5.69 Å². The zero-order valence-corrected chi connectivity index (χ0v) is 17.0. The standard InChI is InChI=1S/C20H13ClFN3OS2/c1-12-16(18(21)25(23-12)15-5-3-2-4-6-15)11-17-19(26)24(20(27)28-17)14-9-7-13(22)8-10-14/h2-11H,1H3/b17-11-. The van der Waals surface area contributed by atoms with Crippen LogP contribution >= 0.6 is 35.6 Å². The first-order valence-corrected chi connectivity index (χ1v) is 9.90. The van der Waals surface area contributed by atoms with Crippen molar-refractivity contribution in [1.82, 2.24) is 9.78 Å². The summed E-state index contributed by atoms with van der Waals surface area (Å²) in [5.74, 6) is -0.648. The van der Waals surface area contributed by atoms with Crippen LogP contribution in [0.1, 0.15) is 11.3 Å². The van der Waals surface area contributed by atoms with Gasteiger partial charge in [0.05, 0.1) is 22.0 Å². The van der Waals surface area contributed by atoms with Crippen LogP contribution in [0.5, 0.6) is 0 Å². The van der Waals surface area contributed by atoms with E-state index in [1.54, 1.807) is 10.8 Å². The third-order valence-electron chi connectivity index (χ3n) is 4.20. The number of hydrogen-bond donors (Lipinski definition) is 0. The second-order valence-electron chi connectivity index (χ2n) is 6.03. The van der Waals surface area contributed by atoms with Crippen LogP contribution in [0.3, 0.4) is 0 Å². The summed E-state index contributed by atoms with van der Waals surface area (Å²) in [6, 6.07) is 15.1. The van der Waals surface area contributed by atoms with Crippen LogP contribution in [-0.2, 0) is 4.79 Å². The summed E-state index contributed by atoms with van der Waals surface area (Å²) in [5, 5.41) is 4.90. The number of hydrogen-bond acceptors (Lipinski definition) is 4. The fourth-order valence-electron chi connectivity index (χ4n) is 2.83. The number of aromatic nitrogens is 2. The fourth-order valence-corrected chi connectivity index (χ4v) is 4.43. The van der Waals surface area contributed by atoms with Crippen LogP contribution in [0.25, 0.3) is 11.8 Å². The highest BCUT2D eigenvalue weighted by molar-refractivity contribution is 8.27. The number of amides is 1. The average Bonchev–Trinajstić information content (AvgIpc) is 3.13. The van der Waals surface area contributed by atoms with Crippen molar-refractivity contribution < 1.29 is 9.18 Å². The maximum Gasteiger partial charge on any atom is 0.270 e. The van der Waals surface area contributed by atoms with Crippen molar-refractivity contribution in [1.29, 1.82) is 0 Å². The lowest BCUT2D eigenvalue weighted by Crippen LogP contribution is -2.27. The molecule has 0 radical (unpaired) electrons. The number of benzene rings is 2. The molecule has 1 saturated heterocycles. The van der Waals surface area contributed by atoms with Crippen LogP contribution in [0.15, 0.2) is 59.5 Å². The van der Waals surface area contributed by atoms with E-state index in [0.717, 1.165) is 5.69 Å². The highest BCUT2D eigenvalue weighted by Gasteiger charge is 2.34. The van der Waals surface area contributed by atoms with E-state index in [1.165, 1.54) is 40.9 Å². The minimum Gasteiger partial charge on any atom is -0.268 e. The molecule has 1 aromatic heterocycles. The quantitative estimate of drug-likeness (QED) is 0.414. The molecule has 0 N–H and O–H groups in total. The zero-order chi connectivity index (χ0) is 19.8. The predicted octanol–water partition coefficient (Wildman–Crippen LogP) is 5.38. The maximum atomic E-state index is 13.2. The Morgan fingerprint density at radius 1 is 1.11 bits per heavy atom. The summed E-state index contributed by atoms with van der Waals surface area (Å²) in [5.41, 5.74) is 2.70. The molecule has 3 aromatic rings. The largest absolute Gasteiger partial charge is 0.270 e. The third kappa shape index (κ3) is 3.37. The Morgan fingerprint density at radius 3 is 2.46 bits per heavy atom. The van der Waals surface area contributed by atoms with Gasteiger partial charge in [0.2, 0.25) is 0 Å². The number of thiocarbonyl (C=S) groups is 1. The van der Waals surface area contributed by atoms with Crippen molar-refractivity contribution in [2.24, 2.45) is 0 Å². The molecule has 1 fully saturated rings. The van der Waals surface area contributed by atoms with Gasteiger partial charge < -0.3 is 0 Å². The predicted molar refractivity (Wildman–Crippen MR) is 115 cm³/mol. The molecule has 0 unspecified atom stereocenters. The third-order valence-corrected chi connectivity index (χ3v) is 5.87. The van der Waals surface area contributed by atoms with Crippen molar-refractivity contribution in [3.05, 3.63) is 81.7 Å². The van der Waals surface area contributed by atoms with Gasteiger partial charge in [-0.25, -0.2) is 9.07 Å². The van der Waals surface area contributed by atoms with Crippen molar-refractivity contribution in [2.75, 3.05) is 4.90 Å². The van der Waals surface area contributed by atoms with E-state index < -0.39 is 0 Å². The Kier molecular flexibility index (Phi) is 5.05. The van der Waals surface area contributed by atoms with Gasteiger partial charge in [-0.05, 0) is 49.4 Å². The second-order valence-corrected chi connectivity index (χ2v) is 8.06. The van der Waals surface area contributed by atoms with E-state index in [-0.39, 0.29) is 11.7 Å². The molecule has 28 heavy (non-hydrogen) atoms. The number of para-hydroxylation sites is 1. The summed E-state index contributed by atoms with van der Waals surface area (Å²) in [6.07, 6.45) is 1.70. The van der Waals surface area contributed by atoms with Gasteiger partial charge in [-0.3, -0.25) is 9.69 Å². The molecule has 1 amide bonds. The lowest BCUT2D eigenvalue weighted by Gasteiger charge is -2.14. The van der Waals surface area contributed by atoms with Gasteiger partial charge in [0.1, 0.15) is 11.0 Å². The molecule has 8 heteroatoms. The van der Waals surface area contributed by atoms with Crippen molar-refractivity contribution in [3.63, 3.8) is 0 Å². The Balaban J connectivity index is 1.70. The van der Waals surface area contributed by atoms with E-state index in [2.05, 4.69) is 5.10 Å². The van der Waals surface area contributed by atoms with Crippen molar-refractivity contribution >= 4 is 57.6 Å². The summed E-state index contributed by atoms with van der Waals surface area (Å²) < 4.78 is 15.2. The Labute approximate surface area is 175 Å². The first kappa shape index (κ1) is 18.9. The van der Waals surface area contributed by atoms with E-state index in [1.807, 2.05) is 37.3 Å². The number of anilines is 1. The molecule has 0 atom stereocenters. The molecule has 140 valence electrons. The van der Waals surface area contributed by atoms with Gasteiger partial charge in [-0.15, -0.1) is 0 Å². The molecule has 0 aliphatic carbocycles. The lowest BCUT2D eigenvalue weighted by atomic mass is 10.2. The molecule has 1 aliphatic heterocycles. The van der Waals surface area contributed by atoms with Gasteiger partial charge >= 0.3 is 0 Å². The topological polar surface area (TPSA) is 38.1 Å². The molecule has 2 heterocycles. The Morgan fingerprint density at radius 2 is 1.79 bits per heavy atom. The first-order valence-electron chi connectivity index (χ1n) is 8.30. The van der Waals surface area contributed by atoms with E-state index in [0.29, 0.717) is 31.3 Å². The summed E-state index contributed by atoms with van der Waals surface area (Å²) in [6.45, 7) is 1.83. The highest BCUT2D eigenvalue weighted by Crippen LogP contribution is 2.37. The second kappa shape index (κ2) is 7.50. The smallest absolute Gasteiger partial charge is 0.268 e. The lowest BCUT2D eigenvalue weighted by molar-refractivity contribution is -0.113. The maximum absolute atomic E-state index is 13.2.